The summed E-state index contributed by atoms with van der Waals surface area (Å²) in [6.45, 7) is 9.26. The third-order valence-electron chi connectivity index (χ3n) is 5.72. The Bertz CT molecular complexity index is 982. The molecule has 1 fully saturated rings. The zero-order valence-corrected chi connectivity index (χ0v) is 19.4. The van der Waals surface area contributed by atoms with Gasteiger partial charge in [0.05, 0.1) is 18.2 Å². The summed E-state index contributed by atoms with van der Waals surface area (Å²) in [6.07, 6.45) is 0. The molecule has 6 nitrogen and oxygen atoms in total. The van der Waals surface area contributed by atoms with Gasteiger partial charge in [0.15, 0.2) is 0 Å². The van der Waals surface area contributed by atoms with Crippen LogP contribution in [0.4, 0.5) is 0 Å². The van der Waals surface area contributed by atoms with Gasteiger partial charge in [0.25, 0.3) is 11.7 Å². The van der Waals surface area contributed by atoms with Gasteiger partial charge >= 0.3 is 0 Å². The molecule has 1 N–H and O–H groups in total. The van der Waals surface area contributed by atoms with Crippen molar-refractivity contribution >= 4 is 29.1 Å². The van der Waals surface area contributed by atoms with Gasteiger partial charge < -0.3 is 19.6 Å². The number of rotatable bonds is 9. The van der Waals surface area contributed by atoms with Gasteiger partial charge in [-0.3, -0.25) is 9.59 Å². The number of benzene rings is 2. The van der Waals surface area contributed by atoms with Gasteiger partial charge in [-0.1, -0.05) is 37.6 Å². The monoisotopic (exact) mass is 456 g/mol. The second-order valence-corrected chi connectivity index (χ2v) is 7.96. The summed E-state index contributed by atoms with van der Waals surface area (Å²) in [4.78, 5) is 29.8. The van der Waals surface area contributed by atoms with Crippen molar-refractivity contribution < 1.29 is 19.4 Å². The van der Waals surface area contributed by atoms with Crippen molar-refractivity contribution in [3.05, 3.63) is 70.3 Å². The molecule has 0 saturated carbocycles. The molecule has 3 rings (SSSR count). The molecule has 1 aliphatic heterocycles. The number of hydrogen-bond donors (Lipinski definition) is 1. The number of carbonyl (C=O) groups excluding carboxylic acids is 2. The van der Waals surface area contributed by atoms with Crippen LogP contribution < -0.4 is 4.74 Å². The number of nitrogens with zero attached hydrogens (tertiary/aromatic N) is 2. The lowest BCUT2D eigenvalue weighted by Crippen LogP contribution is -2.38. The maximum Gasteiger partial charge on any atom is 0.295 e. The summed E-state index contributed by atoms with van der Waals surface area (Å²) in [5.74, 6) is -0.791. The number of aliphatic hydroxyl groups is 1. The average Bonchev–Trinajstić information content (AvgIpc) is 3.05. The van der Waals surface area contributed by atoms with Crippen molar-refractivity contribution in [2.24, 2.45) is 0 Å². The highest BCUT2D eigenvalue weighted by Gasteiger charge is 2.45. The molecular formula is C25H29ClN2O4. The number of aliphatic hydroxyl groups excluding tert-OH is 1. The van der Waals surface area contributed by atoms with Crippen molar-refractivity contribution in [1.29, 1.82) is 0 Å². The Morgan fingerprint density at radius 1 is 1.03 bits per heavy atom. The number of hydrogen-bond acceptors (Lipinski definition) is 5. The summed E-state index contributed by atoms with van der Waals surface area (Å²) in [5, 5.41) is 11.6. The van der Waals surface area contributed by atoms with Crippen molar-refractivity contribution in [3.63, 3.8) is 0 Å². The van der Waals surface area contributed by atoms with Gasteiger partial charge in [-0.05, 0) is 62.0 Å². The minimum Gasteiger partial charge on any atom is -0.507 e. The Morgan fingerprint density at radius 2 is 1.66 bits per heavy atom. The van der Waals surface area contributed by atoms with Crippen LogP contribution in [0.15, 0.2) is 54.1 Å². The van der Waals surface area contributed by atoms with Crippen molar-refractivity contribution in [2.45, 2.75) is 26.8 Å². The van der Waals surface area contributed by atoms with Crippen LogP contribution in [-0.4, -0.2) is 59.4 Å². The first kappa shape index (κ1) is 23.8. The number of ether oxygens (including phenoxy) is 1. The number of amides is 1. The standard InChI is InChI=1S/C25H29ClN2O4/c1-4-27(5-2)15-16-28-22(17-9-13-20(14-10-17)32-6-3)21(24(30)25(28)31)23(29)18-7-11-19(26)12-8-18/h7-14,22,29H,4-6,15-16H2,1-3H3/b23-21-. The Kier molecular flexibility index (Phi) is 7.94. The molecule has 1 amide bonds. The second-order valence-electron chi connectivity index (χ2n) is 7.53. The normalized spacial score (nSPS) is 17.9. The number of carbonyl (C=O) groups is 2. The summed E-state index contributed by atoms with van der Waals surface area (Å²) < 4.78 is 5.53. The fourth-order valence-electron chi connectivity index (χ4n) is 3.92. The summed E-state index contributed by atoms with van der Waals surface area (Å²) >= 11 is 5.97. The maximum absolute atomic E-state index is 13.1. The Balaban J connectivity index is 2.06. The highest BCUT2D eigenvalue weighted by atomic mass is 35.5. The summed E-state index contributed by atoms with van der Waals surface area (Å²) in [5.41, 5.74) is 1.26. The molecule has 1 unspecified atom stereocenters. The Labute approximate surface area is 194 Å². The first-order valence-corrected chi connectivity index (χ1v) is 11.3. The van der Waals surface area contributed by atoms with Crippen LogP contribution in [0.1, 0.15) is 37.9 Å². The Morgan fingerprint density at radius 3 is 2.22 bits per heavy atom. The van der Waals surface area contributed by atoms with E-state index in [9.17, 15) is 14.7 Å². The van der Waals surface area contributed by atoms with E-state index in [4.69, 9.17) is 16.3 Å². The first-order valence-electron chi connectivity index (χ1n) is 10.9. The minimum absolute atomic E-state index is 0.0843. The van der Waals surface area contributed by atoms with E-state index in [1.165, 1.54) is 0 Å². The molecule has 2 aromatic rings. The molecule has 0 bridgehead atoms. The van der Waals surface area contributed by atoms with Crippen LogP contribution in [0.2, 0.25) is 5.02 Å². The molecule has 0 aromatic heterocycles. The number of Topliss-reactive ketones (excluding diaryl/α,β-unsaturated/α-hetero) is 1. The van der Waals surface area contributed by atoms with Crippen LogP contribution in [-0.2, 0) is 9.59 Å². The predicted molar refractivity (Wildman–Crippen MR) is 126 cm³/mol. The molecule has 1 heterocycles. The summed E-state index contributed by atoms with van der Waals surface area (Å²) in [6, 6.07) is 13.2. The van der Waals surface area contributed by atoms with E-state index in [1.54, 1.807) is 29.2 Å². The van der Waals surface area contributed by atoms with E-state index in [-0.39, 0.29) is 11.3 Å². The highest BCUT2D eigenvalue weighted by Crippen LogP contribution is 2.39. The van der Waals surface area contributed by atoms with E-state index >= 15 is 0 Å². The molecule has 2 aromatic carbocycles. The third-order valence-corrected chi connectivity index (χ3v) is 5.97. The quantitative estimate of drug-likeness (QED) is 0.341. The van der Waals surface area contributed by atoms with Gasteiger partial charge in [-0.15, -0.1) is 0 Å². The Hall–Kier alpha value is -2.83. The first-order chi connectivity index (χ1) is 15.4. The highest BCUT2D eigenvalue weighted by molar-refractivity contribution is 6.46. The molecule has 1 aliphatic rings. The lowest BCUT2D eigenvalue weighted by molar-refractivity contribution is -0.140. The van der Waals surface area contributed by atoms with E-state index in [0.717, 1.165) is 18.7 Å². The number of likely N-dealkylation sites (tertiary alicyclic amines) is 1. The fraction of sp³-hybridized carbons (Fsp3) is 0.360. The number of halogens is 1. The maximum atomic E-state index is 13.1. The average molecular weight is 457 g/mol. The van der Waals surface area contributed by atoms with Crippen LogP contribution in [0.25, 0.3) is 5.76 Å². The van der Waals surface area contributed by atoms with Crippen molar-refractivity contribution in [3.8, 4) is 5.75 Å². The topological polar surface area (TPSA) is 70.1 Å². The largest absolute Gasteiger partial charge is 0.507 e. The minimum atomic E-state index is -0.684. The summed E-state index contributed by atoms with van der Waals surface area (Å²) in [7, 11) is 0. The molecule has 0 radical (unpaired) electrons. The van der Waals surface area contributed by atoms with Gasteiger partial charge in [0.1, 0.15) is 11.5 Å². The molecule has 1 saturated heterocycles. The SMILES string of the molecule is CCOc1ccc(C2/C(=C(/O)c3ccc(Cl)cc3)C(=O)C(=O)N2CCN(CC)CC)cc1. The van der Waals surface area contributed by atoms with Crippen LogP contribution in [0.3, 0.4) is 0 Å². The smallest absolute Gasteiger partial charge is 0.295 e. The van der Waals surface area contributed by atoms with Crippen LogP contribution >= 0.6 is 11.6 Å². The molecular weight excluding hydrogens is 428 g/mol. The third kappa shape index (κ3) is 4.97. The van der Waals surface area contributed by atoms with Gasteiger partial charge in [-0.25, -0.2) is 0 Å². The molecule has 0 aliphatic carbocycles. The van der Waals surface area contributed by atoms with Gasteiger partial charge in [0, 0.05) is 23.7 Å². The lowest BCUT2D eigenvalue weighted by Gasteiger charge is -2.28. The van der Waals surface area contributed by atoms with Crippen molar-refractivity contribution in [1.82, 2.24) is 9.80 Å². The van der Waals surface area contributed by atoms with Crippen molar-refractivity contribution in [2.75, 3.05) is 32.8 Å². The van der Waals surface area contributed by atoms with E-state index in [1.807, 2.05) is 31.2 Å². The fourth-order valence-corrected chi connectivity index (χ4v) is 4.05. The van der Waals surface area contributed by atoms with E-state index in [0.29, 0.717) is 36.0 Å². The van der Waals surface area contributed by atoms with Crippen LogP contribution in [0.5, 0.6) is 5.75 Å². The second kappa shape index (κ2) is 10.7. The van der Waals surface area contributed by atoms with Crippen LogP contribution in [0, 0.1) is 0 Å². The number of likely N-dealkylation sites (N-methyl/N-ethyl adjacent to an activating group) is 1. The molecule has 7 heteroatoms. The lowest BCUT2D eigenvalue weighted by atomic mass is 9.95. The molecule has 170 valence electrons. The van der Waals surface area contributed by atoms with Gasteiger partial charge in [-0.2, -0.15) is 0 Å². The predicted octanol–water partition coefficient (Wildman–Crippen LogP) is 4.50. The van der Waals surface area contributed by atoms with E-state index in [2.05, 4.69) is 18.7 Å². The zero-order chi connectivity index (χ0) is 23.3. The molecule has 0 spiro atoms. The molecule has 32 heavy (non-hydrogen) atoms. The molecule has 1 atom stereocenters. The zero-order valence-electron chi connectivity index (χ0n) is 18.7. The van der Waals surface area contributed by atoms with E-state index < -0.39 is 17.7 Å². The van der Waals surface area contributed by atoms with Gasteiger partial charge in [0.2, 0.25) is 0 Å². The number of ketones is 1.